The first-order valence-electron chi connectivity index (χ1n) is 6.51. The van der Waals surface area contributed by atoms with Gasteiger partial charge in [-0.25, -0.2) is 0 Å². The minimum absolute atomic E-state index is 0.0168. The normalized spacial score (nSPS) is 17.9. The molecule has 0 radical (unpaired) electrons. The number of aryl methyl sites for hydroxylation is 1. The Morgan fingerprint density at radius 3 is 2.83 bits per heavy atom. The number of nitrogens with zero attached hydrogens (tertiary/aromatic N) is 2. The maximum Gasteiger partial charge on any atom is 0.0960 e. The van der Waals surface area contributed by atoms with Crippen LogP contribution in [0.1, 0.15) is 19.5 Å². The Balaban J connectivity index is 1.87. The van der Waals surface area contributed by atoms with Gasteiger partial charge in [0.05, 0.1) is 23.4 Å². The topological polar surface area (TPSA) is 39.1 Å². The molecule has 0 aliphatic carbocycles. The molecule has 3 rings (SSSR count). The molecule has 1 aromatic heterocycles. The Labute approximate surface area is 107 Å². The summed E-state index contributed by atoms with van der Waals surface area (Å²) in [5.74, 6) is 0. The summed E-state index contributed by atoms with van der Waals surface area (Å²) in [4.78, 5) is 0. The van der Waals surface area contributed by atoms with Crippen LogP contribution in [0.4, 0.5) is 0 Å². The quantitative estimate of drug-likeness (QED) is 0.894. The van der Waals surface area contributed by atoms with Gasteiger partial charge in [0.1, 0.15) is 0 Å². The van der Waals surface area contributed by atoms with E-state index in [1.165, 1.54) is 10.9 Å². The summed E-state index contributed by atoms with van der Waals surface area (Å²) in [7, 11) is 0. The van der Waals surface area contributed by atoms with E-state index < -0.39 is 0 Å². The van der Waals surface area contributed by atoms with E-state index in [9.17, 15) is 0 Å². The Kier molecular flexibility index (Phi) is 2.84. The van der Waals surface area contributed by atoms with Gasteiger partial charge >= 0.3 is 0 Å². The molecule has 0 amide bonds. The predicted molar refractivity (Wildman–Crippen MR) is 71.5 cm³/mol. The number of nitrogens with one attached hydrogen (secondary N) is 1. The van der Waals surface area contributed by atoms with Crippen LogP contribution in [-0.2, 0) is 17.9 Å². The van der Waals surface area contributed by atoms with Crippen molar-refractivity contribution in [3.05, 3.63) is 30.0 Å². The van der Waals surface area contributed by atoms with E-state index in [0.29, 0.717) is 6.61 Å². The Hall–Kier alpha value is -1.39. The smallest absolute Gasteiger partial charge is 0.0960 e. The summed E-state index contributed by atoms with van der Waals surface area (Å²) >= 11 is 0. The zero-order chi connectivity index (χ0) is 12.6. The van der Waals surface area contributed by atoms with Crippen molar-refractivity contribution in [2.24, 2.45) is 0 Å². The van der Waals surface area contributed by atoms with Crippen molar-refractivity contribution in [2.45, 2.75) is 32.6 Å². The van der Waals surface area contributed by atoms with Crippen molar-refractivity contribution in [3.63, 3.8) is 0 Å². The highest BCUT2D eigenvalue weighted by molar-refractivity contribution is 5.81. The third kappa shape index (κ3) is 1.91. The molecular formula is C14H19N3O. The number of fused-ring (bicyclic) bond motifs is 1. The molecule has 1 aliphatic rings. The average Bonchev–Trinajstić information content (AvgIpc) is 2.72. The lowest BCUT2D eigenvalue weighted by Gasteiger charge is -2.38. The number of benzene rings is 1. The highest BCUT2D eigenvalue weighted by atomic mass is 16.5. The van der Waals surface area contributed by atoms with Gasteiger partial charge in [-0.3, -0.25) is 4.68 Å². The van der Waals surface area contributed by atoms with Crippen LogP contribution in [0, 0.1) is 0 Å². The maximum atomic E-state index is 5.98. The van der Waals surface area contributed by atoms with Crippen molar-refractivity contribution >= 4 is 10.9 Å². The largest absolute Gasteiger partial charge is 0.366 e. The molecule has 1 N–H and O–H groups in total. The van der Waals surface area contributed by atoms with E-state index >= 15 is 0 Å². The van der Waals surface area contributed by atoms with Crippen LogP contribution >= 0.6 is 0 Å². The van der Waals surface area contributed by atoms with Crippen LogP contribution < -0.4 is 5.32 Å². The molecule has 0 unspecified atom stereocenters. The lowest BCUT2D eigenvalue weighted by molar-refractivity contribution is -0.0775. The summed E-state index contributed by atoms with van der Waals surface area (Å²) in [5.41, 5.74) is 2.22. The second-order valence-electron chi connectivity index (χ2n) is 5.12. The molecule has 4 nitrogen and oxygen atoms in total. The molecule has 1 fully saturated rings. The summed E-state index contributed by atoms with van der Waals surface area (Å²) in [6, 6.07) is 8.34. The lowest BCUT2D eigenvalue weighted by atomic mass is 10.0. The van der Waals surface area contributed by atoms with Gasteiger partial charge in [0.2, 0.25) is 0 Å². The van der Waals surface area contributed by atoms with E-state index in [2.05, 4.69) is 48.5 Å². The van der Waals surface area contributed by atoms with Crippen LogP contribution in [0.2, 0.25) is 0 Å². The van der Waals surface area contributed by atoms with E-state index in [-0.39, 0.29) is 5.60 Å². The number of rotatable bonds is 4. The molecule has 2 heterocycles. The fourth-order valence-corrected chi connectivity index (χ4v) is 2.37. The molecule has 18 heavy (non-hydrogen) atoms. The van der Waals surface area contributed by atoms with Gasteiger partial charge in [0.15, 0.2) is 0 Å². The van der Waals surface area contributed by atoms with Crippen LogP contribution in [0.25, 0.3) is 10.9 Å². The Morgan fingerprint density at radius 2 is 2.17 bits per heavy atom. The first-order chi connectivity index (χ1) is 8.72. The number of para-hydroxylation sites is 1. The molecule has 1 aromatic carbocycles. The van der Waals surface area contributed by atoms with Crippen LogP contribution in [0.15, 0.2) is 24.3 Å². The standard InChI is InChI=1S/C14H19N3O/c1-3-17-13-7-5-4-6-11(13)12(16-17)8-18-14(2)9-15-10-14/h4-7,15H,3,8-10H2,1-2H3. The number of ether oxygens (including phenoxy) is 1. The monoisotopic (exact) mass is 245 g/mol. The van der Waals surface area contributed by atoms with Crippen molar-refractivity contribution in [3.8, 4) is 0 Å². The summed E-state index contributed by atoms with van der Waals surface area (Å²) < 4.78 is 8.02. The van der Waals surface area contributed by atoms with Crippen molar-refractivity contribution in [1.82, 2.24) is 15.1 Å². The summed E-state index contributed by atoms with van der Waals surface area (Å²) in [6.45, 7) is 7.59. The van der Waals surface area contributed by atoms with Gasteiger partial charge in [-0.2, -0.15) is 5.10 Å². The fraction of sp³-hybridized carbons (Fsp3) is 0.500. The minimum Gasteiger partial charge on any atom is -0.366 e. The second kappa shape index (κ2) is 4.37. The van der Waals surface area contributed by atoms with Gasteiger partial charge in [-0.1, -0.05) is 18.2 Å². The molecule has 0 atom stereocenters. The van der Waals surface area contributed by atoms with E-state index in [4.69, 9.17) is 4.74 Å². The molecule has 0 bridgehead atoms. The fourth-order valence-electron chi connectivity index (χ4n) is 2.37. The Bertz CT molecular complexity index is 557. The SMILES string of the molecule is CCn1nc(COC2(C)CNC2)c2ccccc21. The van der Waals surface area contributed by atoms with Crippen molar-refractivity contribution in [1.29, 1.82) is 0 Å². The van der Waals surface area contributed by atoms with Gasteiger partial charge in [0, 0.05) is 25.0 Å². The molecule has 2 aromatic rings. The maximum absolute atomic E-state index is 5.98. The molecule has 96 valence electrons. The molecule has 1 saturated heterocycles. The number of hydrogen-bond donors (Lipinski definition) is 1. The van der Waals surface area contributed by atoms with Crippen LogP contribution in [0.5, 0.6) is 0 Å². The first kappa shape index (κ1) is 11.7. The third-order valence-electron chi connectivity index (χ3n) is 3.59. The van der Waals surface area contributed by atoms with Gasteiger partial charge < -0.3 is 10.1 Å². The van der Waals surface area contributed by atoms with Crippen LogP contribution in [0.3, 0.4) is 0 Å². The minimum atomic E-state index is -0.0168. The highest BCUT2D eigenvalue weighted by Crippen LogP contribution is 2.22. The zero-order valence-electron chi connectivity index (χ0n) is 10.9. The van der Waals surface area contributed by atoms with E-state index in [0.717, 1.165) is 25.3 Å². The second-order valence-corrected chi connectivity index (χ2v) is 5.12. The highest BCUT2D eigenvalue weighted by Gasteiger charge is 2.32. The molecular weight excluding hydrogens is 226 g/mol. The molecule has 1 aliphatic heterocycles. The summed E-state index contributed by atoms with van der Waals surface area (Å²) in [5, 5.41) is 9.09. The Morgan fingerprint density at radius 1 is 1.39 bits per heavy atom. The lowest BCUT2D eigenvalue weighted by Crippen LogP contribution is -2.58. The number of hydrogen-bond acceptors (Lipinski definition) is 3. The van der Waals surface area contributed by atoms with Gasteiger partial charge in [-0.15, -0.1) is 0 Å². The van der Waals surface area contributed by atoms with E-state index in [1.807, 2.05) is 4.68 Å². The third-order valence-corrected chi connectivity index (χ3v) is 3.59. The first-order valence-corrected chi connectivity index (χ1v) is 6.51. The van der Waals surface area contributed by atoms with E-state index in [1.54, 1.807) is 0 Å². The molecule has 0 spiro atoms. The van der Waals surface area contributed by atoms with Crippen molar-refractivity contribution in [2.75, 3.05) is 13.1 Å². The van der Waals surface area contributed by atoms with Crippen molar-refractivity contribution < 1.29 is 4.74 Å². The summed E-state index contributed by atoms with van der Waals surface area (Å²) in [6.07, 6.45) is 0. The predicted octanol–water partition coefficient (Wildman–Crippen LogP) is 1.93. The van der Waals surface area contributed by atoms with Crippen LogP contribution in [-0.4, -0.2) is 28.5 Å². The number of aromatic nitrogens is 2. The van der Waals surface area contributed by atoms with Gasteiger partial charge in [-0.05, 0) is 19.9 Å². The molecule has 4 heteroatoms. The van der Waals surface area contributed by atoms with Gasteiger partial charge in [0.25, 0.3) is 0 Å². The average molecular weight is 245 g/mol. The zero-order valence-corrected chi connectivity index (χ0v) is 10.9. The molecule has 0 saturated carbocycles.